The Bertz CT molecular complexity index is 456. The highest BCUT2D eigenvalue weighted by Crippen LogP contribution is 2.17. The summed E-state index contributed by atoms with van der Waals surface area (Å²) in [5.41, 5.74) is 1.50. The molecule has 2 rings (SSSR count). The van der Waals surface area contributed by atoms with Crippen LogP contribution in [0.1, 0.15) is 42.6 Å². The Morgan fingerprint density at radius 1 is 1.38 bits per heavy atom. The molecule has 4 nitrogen and oxygen atoms in total. The van der Waals surface area contributed by atoms with Crippen molar-refractivity contribution in [1.82, 2.24) is 4.90 Å². The van der Waals surface area contributed by atoms with Gasteiger partial charge in [0.25, 0.3) is 0 Å². The van der Waals surface area contributed by atoms with Crippen LogP contribution in [0.5, 0.6) is 0 Å². The van der Waals surface area contributed by atoms with Crippen LogP contribution in [-0.4, -0.2) is 41.8 Å². The van der Waals surface area contributed by atoms with Gasteiger partial charge in [0.1, 0.15) is 0 Å². The van der Waals surface area contributed by atoms with Crippen molar-refractivity contribution in [2.24, 2.45) is 5.92 Å². The fourth-order valence-corrected chi connectivity index (χ4v) is 2.56. The Hall–Kier alpha value is -1.39. The normalized spacial score (nSPS) is 19.3. The van der Waals surface area contributed by atoms with Gasteiger partial charge in [-0.3, -0.25) is 4.90 Å². The van der Waals surface area contributed by atoms with Gasteiger partial charge in [-0.05, 0) is 36.5 Å². The van der Waals surface area contributed by atoms with E-state index >= 15 is 0 Å². The number of hydrogen-bond donors (Lipinski definition) is 1. The summed E-state index contributed by atoms with van der Waals surface area (Å²) in [5, 5.41) is 8.89. The summed E-state index contributed by atoms with van der Waals surface area (Å²) in [4.78, 5) is 13.2. The van der Waals surface area contributed by atoms with Crippen LogP contribution in [-0.2, 0) is 11.3 Å². The first-order valence-electron chi connectivity index (χ1n) is 7.71. The second-order valence-electron chi connectivity index (χ2n) is 6.20. The third-order valence-electron chi connectivity index (χ3n) is 3.88. The molecular weight excluding hydrogens is 266 g/mol. The topological polar surface area (TPSA) is 49.8 Å². The standard InChI is InChI=1S/C17H25NO3/c1-13(2)8-10-21-16-7-9-18(12-16)11-14-3-5-15(6-4-14)17(19)20/h3-6,13,16H,7-12H2,1-2H3,(H,19,20). The average Bonchev–Trinajstić information content (AvgIpc) is 2.86. The second-order valence-corrected chi connectivity index (χ2v) is 6.20. The predicted octanol–water partition coefficient (Wildman–Crippen LogP) is 3.02. The van der Waals surface area contributed by atoms with Gasteiger partial charge in [-0.25, -0.2) is 4.79 Å². The molecule has 0 aliphatic carbocycles. The van der Waals surface area contributed by atoms with Crippen molar-refractivity contribution in [3.8, 4) is 0 Å². The highest BCUT2D eigenvalue weighted by atomic mass is 16.5. The summed E-state index contributed by atoms with van der Waals surface area (Å²) < 4.78 is 5.91. The Balaban J connectivity index is 1.75. The number of ether oxygens (including phenoxy) is 1. The molecule has 116 valence electrons. The summed E-state index contributed by atoms with van der Waals surface area (Å²) in [6.07, 6.45) is 2.56. The largest absolute Gasteiger partial charge is 0.478 e. The van der Waals surface area contributed by atoms with Crippen LogP contribution < -0.4 is 0 Å². The first-order valence-corrected chi connectivity index (χ1v) is 7.71. The maximum atomic E-state index is 10.8. The summed E-state index contributed by atoms with van der Waals surface area (Å²) in [7, 11) is 0. The quantitative estimate of drug-likeness (QED) is 0.839. The van der Waals surface area contributed by atoms with Gasteiger partial charge in [-0.15, -0.1) is 0 Å². The molecule has 1 aromatic rings. The Kier molecular flexibility index (Phi) is 5.76. The van der Waals surface area contributed by atoms with E-state index in [9.17, 15) is 4.79 Å². The van der Waals surface area contributed by atoms with E-state index in [0.717, 1.165) is 44.6 Å². The van der Waals surface area contributed by atoms with E-state index in [-0.39, 0.29) is 0 Å². The lowest BCUT2D eigenvalue weighted by atomic mass is 10.1. The zero-order valence-electron chi connectivity index (χ0n) is 12.9. The highest BCUT2D eigenvalue weighted by Gasteiger charge is 2.22. The molecule has 0 amide bonds. The molecule has 1 N–H and O–H groups in total. The van der Waals surface area contributed by atoms with Gasteiger partial charge in [0.2, 0.25) is 0 Å². The van der Waals surface area contributed by atoms with E-state index in [1.807, 2.05) is 12.1 Å². The first-order chi connectivity index (χ1) is 10.0. The number of carbonyl (C=O) groups is 1. The van der Waals surface area contributed by atoms with Crippen LogP contribution in [0, 0.1) is 5.92 Å². The van der Waals surface area contributed by atoms with Crippen molar-refractivity contribution in [1.29, 1.82) is 0 Å². The van der Waals surface area contributed by atoms with Gasteiger partial charge < -0.3 is 9.84 Å². The monoisotopic (exact) mass is 291 g/mol. The summed E-state index contributed by atoms with van der Waals surface area (Å²) >= 11 is 0. The average molecular weight is 291 g/mol. The van der Waals surface area contributed by atoms with Crippen molar-refractivity contribution in [3.05, 3.63) is 35.4 Å². The van der Waals surface area contributed by atoms with E-state index in [4.69, 9.17) is 9.84 Å². The number of nitrogens with zero attached hydrogens (tertiary/aromatic N) is 1. The van der Waals surface area contributed by atoms with Crippen LogP contribution in [0.3, 0.4) is 0 Å². The molecule has 1 aliphatic rings. The van der Waals surface area contributed by atoms with Crippen molar-refractivity contribution >= 4 is 5.97 Å². The Morgan fingerprint density at radius 3 is 2.71 bits per heavy atom. The molecular formula is C17H25NO3. The fourth-order valence-electron chi connectivity index (χ4n) is 2.56. The minimum atomic E-state index is -0.874. The lowest BCUT2D eigenvalue weighted by Gasteiger charge is -2.17. The Labute approximate surface area is 126 Å². The van der Waals surface area contributed by atoms with Gasteiger partial charge >= 0.3 is 5.97 Å². The van der Waals surface area contributed by atoms with Gasteiger partial charge in [0.15, 0.2) is 0 Å². The molecule has 0 radical (unpaired) electrons. The maximum absolute atomic E-state index is 10.8. The number of carboxylic acids is 1. The maximum Gasteiger partial charge on any atom is 0.335 e. The van der Waals surface area contributed by atoms with E-state index in [2.05, 4.69) is 18.7 Å². The van der Waals surface area contributed by atoms with Crippen LogP contribution in [0.15, 0.2) is 24.3 Å². The number of hydrogen-bond acceptors (Lipinski definition) is 3. The molecule has 1 saturated heterocycles. The van der Waals surface area contributed by atoms with E-state index in [1.165, 1.54) is 0 Å². The second kappa shape index (κ2) is 7.57. The fraction of sp³-hybridized carbons (Fsp3) is 0.588. The number of rotatable bonds is 7. The van der Waals surface area contributed by atoms with E-state index in [0.29, 0.717) is 17.6 Å². The SMILES string of the molecule is CC(C)CCOC1CCN(Cc2ccc(C(=O)O)cc2)C1. The van der Waals surface area contributed by atoms with E-state index < -0.39 is 5.97 Å². The zero-order valence-corrected chi connectivity index (χ0v) is 12.9. The number of benzene rings is 1. The zero-order chi connectivity index (χ0) is 15.2. The van der Waals surface area contributed by atoms with Gasteiger partial charge in [0, 0.05) is 26.2 Å². The number of likely N-dealkylation sites (tertiary alicyclic amines) is 1. The number of aromatic carboxylic acids is 1. The van der Waals surface area contributed by atoms with Gasteiger partial charge in [-0.2, -0.15) is 0 Å². The molecule has 0 spiro atoms. The molecule has 0 bridgehead atoms. The minimum absolute atomic E-state index is 0.343. The Morgan fingerprint density at radius 2 is 2.10 bits per heavy atom. The molecule has 0 aromatic heterocycles. The lowest BCUT2D eigenvalue weighted by Crippen LogP contribution is -2.23. The van der Waals surface area contributed by atoms with Crippen LogP contribution in [0.2, 0.25) is 0 Å². The predicted molar refractivity (Wildman–Crippen MR) is 82.5 cm³/mol. The minimum Gasteiger partial charge on any atom is -0.478 e. The smallest absolute Gasteiger partial charge is 0.335 e. The van der Waals surface area contributed by atoms with Crippen LogP contribution in [0.25, 0.3) is 0 Å². The van der Waals surface area contributed by atoms with Crippen LogP contribution >= 0.6 is 0 Å². The molecule has 1 atom stereocenters. The van der Waals surface area contributed by atoms with Gasteiger partial charge in [0.05, 0.1) is 11.7 Å². The lowest BCUT2D eigenvalue weighted by molar-refractivity contribution is 0.0518. The molecule has 1 fully saturated rings. The summed E-state index contributed by atoms with van der Waals surface area (Å²) in [6, 6.07) is 7.14. The molecule has 21 heavy (non-hydrogen) atoms. The summed E-state index contributed by atoms with van der Waals surface area (Å²) in [6.45, 7) is 8.16. The third kappa shape index (κ3) is 5.14. The van der Waals surface area contributed by atoms with Crippen LogP contribution in [0.4, 0.5) is 0 Å². The molecule has 4 heteroatoms. The highest BCUT2D eigenvalue weighted by molar-refractivity contribution is 5.87. The molecule has 1 unspecified atom stereocenters. The van der Waals surface area contributed by atoms with Crippen molar-refractivity contribution in [3.63, 3.8) is 0 Å². The van der Waals surface area contributed by atoms with Crippen molar-refractivity contribution in [2.75, 3.05) is 19.7 Å². The third-order valence-corrected chi connectivity index (χ3v) is 3.88. The van der Waals surface area contributed by atoms with Gasteiger partial charge in [-0.1, -0.05) is 26.0 Å². The van der Waals surface area contributed by atoms with Crippen molar-refractivity contribution < 1.29 is 14.6 Å². The molecule has 1 heterocycles. The summed E-state index contributed by atoms with van der Waals surface area (Å²) in [5.74, 6) is -0.184. The molecule has 1 aromatic carbocycles. The number of carboxylic acid groups (broad SMARTS) is 1. The van der Waals surface area contributed by atoms with E-state index in [1.54, 1.807) is 12.1 Å². The molecule has 0 saturated carbocycles. The molecule has 1 aliphatic heterocycles. The van der Waals surface area contributed by atoms with Crippen molar-refractivity contribution in [2.45, 2.75) is 39.3 Å². The first kappa shape index (κ1) is 16.0.